The summed E-state index contributed by atoms with van der Waals surface area (Å²) >= 11 is 1.44. The number of urea groups is 1. The number of carbonyl (C=O) groups is 2. The van der Waals surface area contributed by atoms with Crippen molar-refractivity contribution in [3.8, 4) is 0 Å². The van der Waals surface area contributed by atoms with Crippen LogP contribution >= 0.6 is 11.8 Å². The molecular weight excluding hydrogens is 320 g/mol. The van der Waals surface area contributed by atoms with Gasteiger partial charge < -0.3 is 20.0 Å². The van der Waals surface area contributed by atoms with Crippen molar-refractivity contribution in [3.63, 3.8) is 0 Å². The fourth-order valence-electron chi connectivity index (χ4n) is 2.58. The molecule has 2 N–H and O–H groups in total. The van der Waals surface area contributed by atoms with Gasteiger partial charge in [0.25, 0.3) is 0 Å². The van der Waals surface area contributed by atoms with Crippen molar-refractivity contribution < 1.29 is 28.2 Å². The standard InChI is InChI=1S/C11H18N2O6S2/c1-21(18,19)9-6-20-3-2-12(9)11(17)13-5-7(14)4-8(13)10(15)16/h7-9,14H,2-6H2,1H3,(H,15,16)/t7?,8-,9?/m0/s1. The Morgan fingerprint density at radius 3 is 2.52 bits per heavy atom. The van der Waals surface area contributed by atoms with E-state index in [9.17, 15) is 23.1 Å². The SMILES string of the molecule is CS(=O)(=O)C1CSCCN1C(=O)N1CC(O)C[C@H]1C(=O)O. The van der Waals surface area contributed by atoms with Gasteiger partial charge in [-0.15, -0.1) is 0 Å². The number of carboxylic acid groups (broad SMARTS) is 1. The van der Waals surface area contributed by atoms with Gasteiger partial charge in [-0.25, -0.2) is 18.0 Å². The maximum Gasteiger partial charge on any atom is 0.326 e. The van der Waals surface area contributed by atoms with E-state index in [1.54, 1.807) is 0 Å². The molecule has 0 aliphatic carbocycles. The molecule has 8 nitrogen and oxygen atoms in total. The Labute approximate surface area is 127 Å². The smallest absolute Gasteiger partial charge is 0.326 e. The number of aliphatic hydroxyl groups excluding tert-OH is 1. The first-order valence-corrected chi connectivity index (χ1v) is 9.57. The Morgan fingerprint density at radius 1 is 1.29 bits per heavy atom. The highest BCUT2D eigenvalue weighted by Gasteiger charge is 2.44. The third-order valence-corrected chi connectivity index (χ3v) is 6.28. The fraction of sp³-hybridized carbons (Fsp3) is 0.818. The molecule has 10 heteroatoms. The topological polar surface area (TPSA) is 115 Å². The molecule has 0 aromatic heterocycles. The summed E-state index contributed by atoms with van der Waals surface area (Å²) in [7, 11) is -3.45. The summed E-state index contributed by atoms with van der Waals surface area (Å²) in [6.07, 6.45) is 0.135. The second-order valence-electron chi connectivity index (χ2n) is 5.23. The lowest BCUT2D eigenvalue weighted by molar-refractivity contribution is -0.141. The van der Waals surface area contributed by atoms with Crippen molar-refractivity contribution in [2.45, 2.75) is 23.9 Å². The van der Waals surface area contributed by atoms with Gasteiger partial charge in [-0.3, -0.25) is 0 Å². The summed E-state index contributed by atoms with van der Waals surface area (Å²) in [6, 6.07) is -1.74. The lowest BCUT2D eigenvalue weighted by Crippen LogP contribution is -2.56. The molecule has 21 heavy (non-hydrogen) atoms. The third-order valence-electron chi connectivity index (χ3n) is 3.63. The van der Waals surface area contributed by atoms with E-state index >= 15 is 0 Å². The van der Waals surface area contributed by atoms with Crippen LogP contribution in [0.2, 0.25) is 0 Å². The van der Waals surface area contributed by atoms with Crippen LogP contribution in [0.3, 0.4) is 0 Å². The van der Waals surface area contributed by atoms with Crippen LogP contribution < -0.4 is 0 Å². The molecule has 2 amide bonds. The molecule has 0 bridgehead atoms. The van der Waals surface area contributed by atoms with E-state index in [1.807, 2.05) is 0 Å². The Morgan fingerprint density at radius 2 is 1.95 bits per heavy atom. The second kappa shape index (κ2) is 6.01. The van der Waals surface area contributed by atoms with E-state index in [0.29, 0.717) is 5.75 Å². The predicted octanol–water partition coefficient (Wildman–Crippen LogP) is -0.954. The van der Waals surface area contributed by atoms with Crippen molar-refractivity contribution in [1.82, 2.24) is 9.80 Å². The number of hydrogen-bond acceptors (Lipinski definition) is 6. The van der Waals surface area contributed by atoms with Gasteiger partial charge in [0, 0.05) is 37.3 Å². The Bertz CT molecular complexity index is 537. The lowest BCUT2D eigenvalue weighted by Gasteiger charge is -2.37. The van der Waals surface area contributed by atoms with Crippen molar-refractivity contribution >= 4 is 33.6 Å². The van der Waals surface area contributed by atoms with Gasteiger partial charge >= 0.3 is 12.0 Å². The number of β-amino-alcohol motifs (C(OH)–C–C–N with tert-alkyl or cyclic N) is 1. The maximum atomic E-state index is 12.5. The first-order chi connectivity index (χ1) is 9.71. The first-order valence-electron chi connectivity index (χ1n) is 6.46. The lowest BCUT2D eigenvalue weighted by atomic mass is 10.2. The summed E-state index contributed by atoms with van der Waals surface area (Å²) in [6.45, 7) is 0.163. The van der Waals surface area contributed by atoms with E-state index in [0.717, 1.165) is 11.2 Å². The summed E-state index contributed by atoms with van der Waals surface area (Å²) < 4.78 is 23.6. The van der Waals surface area contributed by atoms with Crippen molar-refractivity contribution in [3.05, 3.63) is 0 Å². The number of amides is 2. The number of carboxylic acids is 1. The molecule has 2 fully saturated rings. The molecule has 2 heterocycles. The number of rotatable bonds is 2. The van der Waals surface area contributed by atoms with Gasteiger partial charge in [0.15, 0.2) is 9.84 Å². The summed E-state index contributed by atoms with van der Waals surface area (Å²) in [5.74, 6) is -0.313. The van der Waals surface area contributed by atoms with E-state index < -0.39 is 39.4 Å². The van der Waals surface area contributed by atoms with Crippen LogP contribution in [0.4, 0.5) is 4.79 Å². The molecule has 2 saturated heterocycles. The third kappa shape index (κ3) is 3.43. The number of aliphatic carboxylic acids is 1. The first kappa shape index (κ1) is 16.4. The number of carbonyl (C=O) groups excluding carboxylic acids is 1. The van der Waals surface area contributed by atoms with Crippen LogP contribution in [0.25, 0.3) is 0 Å². The van der Waals surface area contributed by atoms with Crippen LogP contribution in [0.15, 0.2) is 0 Å². The number of aliphatic hydroxyl groups is 1. The quantitative estimate of drug-likeness (QED) is 0.666. The van der Waals surface area contributed by atoms with Gasteiger partial charge in [-0.05, 0) is 0 Å². The van der Waals surface area contributed by atoms with Crippen molar-refractivity contribution in [2.24, 2.45) is 0 Å². The molecule has 2 aliphatic rings. The highest BCUT2D eigenvalue weighted by molar-refractivity contribution is 8.00. The zero-order valence-corrected chi connectivity index (χ0v) is 13.1. The maximum absolute atomic E-state index is 12.5. The zero-order valence-electron chi connectivity index (χ0n) is 11.5. The second-order valence-corrected chi connectivity index (χ2v) is 8.58. The molecule has 120 valence electrons. The minimum Gasteiger partial charge on any atom is -0.480 e. The number of thioether (sulfide) groups is 1. The van der Waals surface area contributed by atoms with Gasteiger partial charge in [0.2, 0.25) is 0 Å². The van der Waals surface area contributed by atoms with E-state index in [4.69, 9.17) is 5.11 Å². The van der Waals surface area contributed by atoms with Gasteiger partial charge in [0.05, 0.1) is 6.10 Å². The van der Waals surface area contributed by atoms with E-state index in [-0.39, 0.29) is 25.3 Å². The van der Waals surface area contributed by atoms with Gasteiger partial charge in [-0.1, -0.05) is 0 Å². The average molecular weight is 338 g/mol. The summed E-state index contributed by atoms with van der Waals surface area (Å²) in [5.41, 5.74) is 0. The van der Waals surface area contributed by atoms with Gasteiger partial charge in [-0.2, -0.15) is 11.8 Å². The fourth-order valence-corrected chi connectivity index (χ4v) is 5.39. The van der Waals surface area contributed by atoms with Gasteiger partial charge in [0.1, 0.15) is 11.4 Å². The Hall–Kier alpha value is -1.00. The monoisotopic (exact) mass is 338 g/mol. The molecule has 0 radical (unpaired) electrons. The number of likely N-dealkylation sites (tertiary alicyclic amines) is 1. The normalized spacial score (nSPS) is 30.5. The summed E-state index contributed by atoms with van der Waals surface area (Å²) in [5, 5.41) is 17.8. The van der Waals surface area contributed by atoms with Crippen molar-refractivity contribution in [1.29, 1.82) is 0 Å². The minimum atomic E-state index is -3.45. The molecule has 0 aromatic rings. The molecular formula is C11H18N2O6S2. The largest absolute Gasteiger partial charge is 0.480 e. The van der Waals surface area contributed by atoms with E-state index in [2.05, 4.69) is 0 Å². The average Bonchev–Trinajstić information content (AvgIpc) is 2.79. The number of nitrogens with zero attached hydrogens (tertiary/aromatic N) is 2. The Kier molecular flexibility index (Phi) is 4.69. The molecule has 2 rings (SSSR count). The van der Waals surface area contributed by atoms with Crippen LogP contribution in [-0.4, -0.2) is 88.8 Å². The molecule has 2 unspecified atom stereocenters. The molecule has 0 saturated carbocycles. The molecule has 2 aliphatic heterocycles. The van der Waals surface area contributed by atoms with Crippen LogP contribution in [0, 0.1) is 0 Å². The minimum absolute atomic E-state index is 0.0345. The Balaban J connectivity index is 2.22. The zero-order chi connectivity index (χ0) is 15.8. The number of sulfone groups is 1. The van der Waals surface area contributed by atoms with Crippen LogP contribution in [0.1, 0.15) is 6.42 Å². The van der Waals surface area contributed by atoms with Crippen LogP contribution in [0.5, 0.6) is 0 Å². The number of hydrogen-bond donors (Lipinski definition) is 2. The highest BCUT2D eigenvalue weighted by atomic mass is 32.2. The van der Waals surface area contributed by atoms with Crippen LogP contribution in [-0.2, 0) is 14.6 Å². The molecule has 3 atom stereocenters. The molecule has 0 spiro atoms. The highest BCUT2D eigenvalue weighted by Crippen LogP contribution is 2.25. The molecule has 0 aromatic carbocycles. The van der Waals surface area contributed by atoms with E-state index in [1.165, 1.54) is 16.7 Å². The summed E-state index contributed by atoms with van der Waals surface area (Å²) in [4.78, 5) is 26.0. The predicted molar refractivity (Wildman–Crippen MR) is 76.8 cm³/mol. The van der Waals surface area contributed by atoms with Crippen molar-refractivity contribution in [2.75, 3.05) is 30.9 Å².